The molecule has 0 atom stereocenters. The van der Waals surface area contributed by atoms with Gasteiger partial charge in [0.2, 0.25) is 0 Å². The van der Waals surface area contributed by atoms with Crippen LogP contribution in [-0.4, -0.2) is 13.0 Å². The quantitative estimate of drug-likeness (QED) is 0.613. The van der Waals surface area contributed by atoms with Crippen LogP contribution in [0.25, 0.3) is 10.8 Å². The van der Waals surface area contributed by atoms with Gasteiger partial charge < -0.3 is 9.92 Å². The van der Waals surface area contributed by atoms with Crippen molar-refractivity contribution >= 4 is 26.9 Å². The van der Waals surface area contributed by atoms with E-state index >= 15 is 0 Å². The maximum Gasteiger partial charge on any atom is 0.446 e. The Bertz CT molecular complexity index is 636. The van der Waals surface area contributed by atoms with Crippen LogP contribution < -0.4 is 9.92 Å². The monoisotopic (exact) mass is 239 g/mol. The fourth-order valence-electron chi connectivity index (χ4n) is 1.45. The average Bonchev–Trinajstić information content (AvgIpc) is 2.17. The molecule has 0 aromatic heterocycles. The molecule has 2 aromatic rings. The molecule has 16 heavy (non-hydrogen) atoms. The Balaban J connectivity index is 2.65. The third-order valence-electron chi connectivity index (χ3n) is 2.06. The van der Waals surface area contributed by atoms with Crippen molar-refractivity contribution in [3.05, 3.63) is 36.4 Å². The molecule has 2 rings (SSSR count). The lowest BCUT2D eigenvalue weighted by Gasteiger charge is -2.06. The van der Waals surface area contributed by atoms with Gasteiger partial charge in [-0.1, -0.05) is 18.2 Å². The molecule has 5 nitrogen and oxygen atoms in total. The second-order valence-corrected chi connectivity index (χ2v) is 4.27. The summed E-state index contributed by atoms with van der Waals surface area (Å²) in [5, 5.41) is 1.30. The van der Waals surface area contributed by atoms with E-state index in [4.69, 9.17) is 10.3 Å². The van der Waals surface area contributed by atoms with E-state index in [0.717, 1.165) is 5.39 Å². The molecule has 0 heterocycles. The van der Waals surface area contributed by atoms with Crippen molar-refractivity contribution in [2.45, 2.75) is 0 Å². The highest BCUT2D eigenvalue weighted by Crippen LogP contribution is 2.28. The zero-order valence-electron chi connectivity index (χ0n) is 8.12. The van der Waals surface area contributed by atoms with Crippen molar-refractivity contribution in [1.29, 1.82) is 0 Å². The standard InChI is InChI=1S/C10H9NO4S/c11-8-5-4-7-2-1-3-10(9(7)6-8)15-16(12,13)14/h1-6H,11H2,(H,12,13,14). The van der Waals surface area contributed by atoms with Crippen molar-refractivity contribution in [2.75, 3.05) is 5.73 Å². The molecule has 3 N–H and O–H groups in total. The first-order chi connectivity index (χ1) is 7.46. The maximum atomic E-state index is 10.6. The summed E-state index contributed by atoms with van der Waals surface area (Å²) in [6.07, 6.45) is 0. The molecule has 0 radical (unpaired) electrons. The van der Waals surface area contributed by atoms with Gasteiger partial charge in [-0.25, -0.2) is 0 Å². The molecule has 0 aliphatic carbocycles. The van der Waals surface area contributed by atoms with Gasteiger partial charge in [0, 0.05) is 11.1 Å². The fraction of sp³-hybridized carbons (Fsp3) is 0. The second kappa shape index (κ2) is 3.66. The van der Waals surface area contributed by atoms with Gasteiger partial charge in [-0.3, -0.25) is 4.55 Å². The Kier molecular flexibility index (Phi) is 2.45. The molecule has 0 amide bonds. The maximum absolute atomic E-state index is 10.6. The van der Waals surface area contributed by atoms with Crippen molar-refractivity contribution in [2.24, 2.45) is 0 Å². The number of fused-ring (bicyclic) bond motifs is 1. The molecule has 0 fully saturated rings. The predicted octanol–water partition coefficient (Wildman–Crippen LogP) is 1.60. The number of nitrogens with two attached hydrogens (primary N) is 1. The lowest BCUT2D eigenvalue weighted by Crippen LogP contribution is -2.06. The first kappa shape index (κ1) is 10.7. The van der Waals surface area contributed by atoms with Crippen LogP contribution in [-0.2, 0) is 10.4 Å². The summed E-state index contributed by atoms with van der Waals surface area (Å²) in [5.41, 5.74) is 6.07. The largest absolute Gasteiger partial charge is 0.446 e. The summed E-state index contributed by atoms with van der Waals surface area (Å²) in [4.78, 5) is 0. The molecule has 0 spiro atoms. The van der Waals surface area contributed by atoms with E-state index in [0.29, 0.717) is 11.1 Å². The lowest BCUT2D eigenvalue weighted by molar-refractivity contribution is 0.388. The lowest BCUT2D eigenvalue weighted by atomic mass is 10.1. The van der Waals surface area contributed by atoms with Crippen LogP contribution in [0.15, 0.2) is 36.4 Å². The smallest absolute Gasteiger partial charge is 0.399 e. The third kappa shape index (κ3) is 2.23. The Morgan fingerprint density at radius 1 is 1.19 bits per heavy atom. The fourth-order valence-corrected chi connectivity index (χ4v) is 1.82. The Morgan fingerprint density at radius 2 is 1.94 bits per heavy atom. The molecular weight excluding hydrogens is 230 g/mol. The zero-order valence-corrected chi connectivity index (χ0v) is 8.94. The molecule has 0 aliphatic heterocycles. The van der Waals surface area contributed by atoms with E-state index in [1.54, 1.807) is 30.3 Å². The summed E-state index contributed by atoms with van der Waals surface area (Å²) in [5.74, 6) is 0.0484. The normalized spacial score (nSPS) is 11.6. The van der Waals surface area contributed by atoms with E-state index in [2.05, 4.69) is 4.18 Å². The van der Waals surface area contributed by atoms with Crippen LogP contribution in [0.5, 0.6) is 5.75 Å². The molecule has 0 unspecified atom stereocenters. The number of benzene rings is 2. The summed E-state index contributed by atoms with van der Waals surface area (Å²) >= 11 is 0. The topological polar surface area (TPSA) is 89.6 Å². The number of hydrogen-bond donors (Lipinski definition) is 2. The van der Waals surface area contributed by atoms with Gasteiger partial charge in [-0.2, -0.15) is 8.42 Å². The van der Waals surface area contributed by atoms with Crippen LogP contribution in [0.1, 0.15) is 0 Å². The Morgan fingerprint density at radius 3 is 2.62 bits per heavy atom. The summed E-state index contributed by atoms with van der Waals surface area (Å²) in [6.45, 7) is 0. The molecular formula is C10H9NO4S. The predicted molar refractivity (Wildman–Crippen MR) is 60.5 cm³/mol. The summed E-state index contributed by atoms with van der Waals surface area (Å²) in [7, 11) is -4.52. The first-order valence-corrected chi connectivity index (χ1v) is 5.77. The number of rotatable bonds is 2. The Labute approximate surface area is 92.4 Å². The Hall–Kier alpha value is -1.79. The zero-order chi connectivity index (χ0) is 11.8. The minimum absolute atomic E-state index is 0.0484. The molecule has 0 aliphatic rings. The molecule has 84 valence electrons. The van der Waals surface area contributed by atoms with Crippen LogP contribution in [0.4, 0.5) is 5.69 Å². The minimum atomic E-state index is -4.52. The van der Waals surface area contributed by atoms with Crippen molar-refractivity contribution in [3.63, 3.8) is 0 Å². The average molecular weight is 239 g/mol. The first-order valence-electron chi connectivity index (χ1n) is 4.41. The van der Waals surface area contributed by atoms with Gasteiger partial charge >= 0.3 is 10.4 Å². The van der Waals surface area contributed by atoms with E-state index in [9.17, 15) is 8.42 Å². The molecule has 0 saturated heterocycles. The van der Waals surface area contributed by atoms with Gasteiger partial charge in [-0.05, 0) is 23.6 Å². The molecule has 0 saturated carbocycles. The second-order valence-electron chi connectivity index (χ2n) is 3.25. The summed E-state index contributed by atoms with van der Waals surface area (Å²) < 4.78 is 34.3. The van der Waals surface area contributed by atoms with E-state index in [1.165, 1.54) is 6.07 Å². The number of nitrogen functional groups attached to an aromatic ring is 1. The third-order valence-corrected chi connectivity index (χ3v) is 2.45. The van der Waals surface area contributed by atoms with Crippen molar-refractivity contribution in [3.8, 4) is 5.75 Å². The van der Waals surface area contributed by atoms with Crippen LogP contribution in [0, 0.1) is 0 Å². The van der Waals surface area contributed by atoms with Gasteiger partial charge in [0.25, 0.3) is 0 Å². The van der Waals surface area contributed by atoms with Gasteiger partial charge in [-0.15, -0.1) is 0 Å². The van der Waals surface area contributed by atoms with Crippen molar-refractivity contribution in [1.82, 2.24) is 0 Å². The van der Waals surface area contributed by atoms with Crippen LogP contribution in [0.3, 0.4) is 0 Å². The van der Waals surface area contributed by atoms with Gasteiger partial charge in [0.05, 0.1) is 0 Å². The van der Waals surface area contributed by atoms with Gasteiger partial charge in [0.15, 0.2) is 5.75 Å². The SMILES string of the molecule is Nc1ccc2cccc(OS(=O)(=O)O)c2c1. The number of anilines is 1. The molecule has 0 bridgehead atoms. The summed E-state index contributed by atoms with van der Waals surface area (Å²) in [6, 6.07) is 9.86. The highest BCUT2D eigenvalue weighted by atomic mass is 32.3. The van der Waals surface area contributed by atoms with Crippen LogP contribution in [0.2, 0.25) is 0 Å². The van der Waals surface area contributed by atoms with E-state index in [1.807, 2.05) is 0 Å². The molecule has 6 heteroatoms. The highest BCUT2D eigenvalue weighted by molar-refractivity contribution is 7.81. The number of hydrogen-bond acceptors (Lipinski definition) is 4. The van der Waals surface area contributed by atoms with Crippen LogP contribution >= 0.6 is 0 Å². The van der Waals surface area contributed by atoms with E-state index in [-0.39, 0.29) is 5.75 Å². The van der Waals surface area contributed by atoms with E-state index < -0.39 is 10.4 Å². The highest BCUT2D eigenvalue weighted by Gasteiger charge is 2.10. The molecule has 2 aromatic carbocycles. The minimum Gasteiger partial charge on any atom is -0.399 e. The van der Waals surface area contributed by atoms with Crippen molar-refractivity contribution < 1.29 is 17.2 Å². The van der Waals surface area contributed by atoms with Gasteiger partial charge in [0.1, 0.15) is 0 Å².